The maximum absolute atomic E-state index is 15.0. The highest BCUT2D eigenvalue weighted by molar-refractivity contribution is 5.81. The quantitative estimate of drug-likeness (QED) is 0.0248. The molecular formula is C55H72FN7O10. The summed E-state index contributed by atoms with van der Waals surface area (Å²) in [5.41, 5.74) is 6.20. The zero-order valence-corrected chi connectivity index (χ0v) is 42.3. The highest BCUT2D eigenvalue weighted by atomic mass is 19.1. The molecule has 0 radical (unpaired) electrons. The average molecular weight is 1010 g/mol. The van der Waals surface area contributed by atoms with Gasteiger partial charge in [-0.2, -0.15) is 0 Å². The third-order valence-electron chi connectivity index (χ3n) is 11.4. The van der Waals surface area contributed by atoms with E-state index in [0.717, 1.165) is 41.6 Å². The van der Waals surface area contributed by atoms with Crippen LogP contribution in [-0.2, 0) is 52.8 Å². The van der Waals surface area contributed by atoms with E-state index in [0.29, 0.717) is 109 Å². The molecule has 3 N–H and O–H groups in total. The number of hydrogen-bond donors (Lipinski definition) is 3. The molecule has 1 amide bonds. The molecule has 7 rings (SSSR count). The number of nitrogens with zero attached hydrogens (tertiary/aromatic N) is 4. The van der Waals surface area contributed by atoms with E-state index in [9.17, 15) is 14.4 Å². The zero-order chi connectivity index (χ0) is 51.7. The third kappa shape index (κ3) is 22.1. The lowest BCUT2D eigenvalue weighted by Gasteiger charge is -2.28. The summed E-state index contributed by atoms with van der Waals surface area (Å²) in [7, 11) is 1.84. The highest BCUT2D eigenvalue weighted by Gasteiger charge is 2.26. The Kier molecular flexibility index (Phi) is 26.8. The first-order valence-corrected chi connectivity index (χ1v) is 25.0. The minimum absolute atomic E-state index is 0.0128. The van der Waals surface area contributed by atoms with Crippen molar-refractivity contribution in [1.29, 1.82) is 0 Å². The van der Waals surface area contributed by atoms with Gasteiger partial charge in [-0.15, -0.1) is 6.42 Å². The Morgan fingerprint density at radius 2 is 1.52 bits per heavy atom. The van der Waals surface area contributed by atoms with Crippen LogP contribution in [0.25, 0.3) is 10.9 Å². The molecule has 394 valence electrons. The third-order valence-corrected chi connectivity index (χ3v) is 11.4. The molecule has 1 aliphatic carbocycles. The Labute approximate surface area is 428 Å². The highest BCUT2D eigenvalue weighted by Crippen LogP contribution is 2.38. The Hall–Kier alpha value is -6.46. The number of piperidine rings is 1. The molecule has 2 aromatic carbocycles. The molecule has 0 spiro atoms. The van der Waals surface area contributed by atoms with Crippen LogP contribution in [0.1, 0.15) is 67.0 Å². The zero-order valence-electron chi connectivity index (χ0n) is 42.3. The van der Waals surface area contributed by atoms with E-state index in [4.69, 9.17) is 39.6 Å². The van der Waals surface area contributed by atoms with Crippen LogP contribution in [0.3, 0.4) is 0 Å². The van der Waals surface area contributed by atoms with Crippen molar-refractivity contribution < 1.29 is 47.1 Å². The minimum atomic E-state index is -0.635. The number of anilines is 2. The van der Waals surface area contributed by atoms with Crippen LogP contribution in [0, 0.1) is 25.1 Å². The molecule has 4 heterocycles. The Morgan fingerprint density at radius 3 is 2.15 bits per heavy atom. The Balaban J connectivity index is 0.000000254. The number of aromatic nitrogens is 3. The predicted octanol–water partition coefficient (Wildman–Crippen LogP) is 7.18. The Morgan fingerprint density at radius 1 is 0.822 bits per heavy atom. The summed E-state index contributed by atoms with van der Waals surface area (Å²) < 4.78 is 53.8. The molecule has 0 unspecified atom stereocenters. The van der Waals surface area contributed by atoms with Crippen LogP contribution in [0.5, 0.6) is 5.75 Å². The van der Waals surface area contributed by atoms with Crippen LogP contribution in [0.4, 0.5) is 20.6 Å². The maximum atomic E-state index is 15.0. The van der Waals surface area contributed by atoms with E-state index >= 15 is 4.39 Å². The smallest absolute Gasteiger partial charge is 0.407 e. The average Bonchev–Trinajstić information content (AvgIpc) is 4.27. The van der Waals surface area contributed by atoms with Gasteiger partial charge >= 0.3 is 6.09 Å². The molecule has 18 heteroatoms. The number of aryl methyl sites for hydroxylation is 1. The van der Waals surface area contributed by atoms with Gasteiger partial charge in [0.05, 0.1) is 76.9 Å². The predicted molar refractivity (Wildman–Crippen MR) is 280 cm³/mol. The summed E-state index contributed by atoms with van der Waals surface area (Å²) in [5.74, 6) is 1.75. The number of amides is 1. The van der Waals surface area contributed by atoms with E-state index < -0.39 is 11.9 Å². The number of alkyl carbamates (subject to hydrolysis) is 1. The molecule has 17 nitrogen and oxygen atoms in total. The number of halogens is 1. The molecule has 1 aliphatic heterocycles. The largest absolute Gasteiger partial charge is 0.487 e. The fraction of sp³-hybridized carbons (Fsp3) is 0.473. The van der Waals surface area contributed by atoms with E-state index in [-0.39, 0.29) is 30.4 Å². The van der Waals surface area contributed by atoms with Crippen LogP contribution in [0.15, 0.2) is 90.2 Å². The van der Waals surface area contributed by atoms with Gasteiger partial charge in [0.15, 0.2) is 17.0 Å². The van der Waals surface area contributed by atoms with Gasteiger partial charge in [-0.1, -0.05) is 18.1 Å². The molecule has 1 saturated carbocycles. The summed E-state index contributed by atoms with van der Waals surface area (Å²) in [4.78, 5) is 46.1. The Bertz CT molecular complexity index is 2460. The number of fused-ring (bicyclic) bond motifs is 1. The van der Waals surface area contributed by atoms with E-state index in [1.54, 1.807) is 12.3 Å². The summed E-state index contributed by atoms with van der Waals surface area (Å²) in [6, 6.07) is 18.8. The van der Waals surface area contributed by atoms with E-state index in [2.05, 4.69) is 42.8 Å². The number of hydrogen-bond acceptors (Lipinski definition) is 15. The van der Waals surface area contributed by atoms with Gasteiger partial charge in [0, 0.05) is 99.2 Å². The van der Waals surface area contributed by atoms with Crippen molar-refractivity contribution in [2.75, 3.05) is 110 Å². The van der Waals surface area contributed by atoms with Crippen LogP contribution >= 0.6 is 0 Å². The fourth-order valence-electron chi connectivity index (χ4n) is 7.49. The van der Waals surface area contributed by atoms with Crippen LogP contribution in [0.2, 0.25) is 0 Å². The number of nitrogens with one attached hydrogen (secondary N) is 3. The van der Waals surface area contributed by atoms with Gasteiger partial charge in [-0.3, -0.25) is 14.8 Å². The topological polar surface area (TPSA) is 186 Å². The second kappa shape index (κ2) is 34.1. The van der Waals surface area contributed by atoms with Crippen molar-refractivity contribution in [3.8, 4) is 18.1 Å². The van der Waals surface area contributed by atoms with Gasteiger partial charge in [-0.05, 0) is 92.6 Å². The summed E-state index contributed by atoms with van der Waals surface area (Å²) in [5, 5.41) is 9.35. The molecule has 0 bridgehead atoms. The molecule has 5 aromatic rings. The summed E-state index contributed by atoms with van der Waals surface area (Å²) in [6.07, 6.45) is 19.1. The second-order valence-electron chi connectivity index (χ2n) is 17.0. The van der Waals surface area contributed by atoms with Crippen molar-refractivity contribution in [2.45, 2.75) is 71.1 Å². The number of terminal acetylenes is 1. The van der Waals surface area contributed by atoms with Crippen molar-refractivity contribution in [2.24, 2.45) is 0 Å². The standard InChI is InChI=1S/C31H34FN5O4.C14H24O6.C10H14N2/c1-20-13-22(9-10-35-20)16-34-18-23-19-37(25-7-8-25)28-15-29(27(32)14-26(28)30(23)38)40-11-12-41-31(39)36-17-21-3-5-24(33-2)6-4-21;1-2-5-16-7-9-18-11-13-20-14-12-19-10-8-17-6-3-4-15;1-2-7-12(8-3-1)10-5-4-6-11-9-10/h3-6,9-10,13-15,19,25,33-34H,7-8,11-12,16-18H2,1-2H3,(H,36,39);1,4H,3,5-14H2;4-6,9H,1-3,7-8H2. The van der Waals surface area contributed by atoms with Gasteiger partial charge in [0.2, 0.25) is 0 Å². The minimum Gasteiger partial charge on any atom is -0.487 e. The molecule has 2 fully saturated rings. The lowest BCUT2D eigenvalue weighted by atomic mass is 10.1. The monoisotopic (exact) mass is 1010 g/mol. The SMILES string of the molecule is C#CCOCCOCCOCCOCCOCCC=O.CNc1ccc(CNC(=O)OCCOc2cc3c(cc2F)c(=O)c(CNCc2ccnc(C)c2)cn3C2CC2)cc1.c1cncc(N2CCCCC2)c1. The van der Waals surface area contributed by atoms with Crippen molar-refractivity contribution in [1.82, 2.24) is 25.2 Å². The number of aldehydes is 1. The molecule has 3 aromatic heterocycles. The second-order valence-corrected chi connectivity index (χ2v) is 17.0. The normalized spacial score (nSPS) is 12.9. The van der Waals surface area contributed by atoms with Crippen molar-refractivity contribution in [3.05, 3.63) is 124 Å². The van der Waals surface area contributed by atoms with Crippen molar-refractivity contribution in [3.63, 3.8) is 0 Å². The number of pyridine rings is 3. The fourth-order valence-corrected chi connectivity index (χ4v) is 7.49. The lowest BCUT2D eigenvalue weighted by molar-refractivity contribution is -0.109. The molecular weight excluding hydrogens is 938 g/mol. The number of ether oxygens (including phenoxy) is 7. The number of carbonyl (C=O) groups excluding carboxylic acids is 2. The molecule has 73 heavy (non-hydrogen) atoms. The van der Waals surface area contributed by atoms with Gasteiger partial charge in [0.1, 0.15) is 26.1 Å². The first-order chi connectivity index (χ1) is 35.8. The van der Waals surface area contributed by atoms with Gasteiger partial charge in [-0.25, -0.2) is 9.18 Å². The first-order valence-electron chi connectivity index (χ1n) is 25.0. The van der Waals surface area contributed by atoms with Crippen molar-refractivity contribution >= 4 is 34.7 Å². The lowest BCUT2D eigenvalue weighted by Crippen LogP contribution is -2.29. The number of rotatable bonds is 29. The molecule has 1 saturated heterocycles. The van der Waals surface area contributed by atoms with Gasteiger partial charge in [0.25, 0.3) is 0 Å². The van der Waals surface area contributed by atoms with Crippen LogP contribution in [-0.4, -0.2) is 126 Å². The van der Waals surface area contributed by atoms with Gasteiger partial charge < -0.3 is 63.4 Å². The van der Waals surface area contributed by atoms with E-state index in [1.807, 2.05) is 79.6 Å². The summed E-state index contributed by atoms with van der Waals surface area (Å²) in [6.45, 7) is 10.4. The van der Waals surface area contributed by atoms with E-state index in [1.165, 1.54) is 44.1 Å². The first kappa shape index (κ1) is 57.4. The van der Waals surface area contributed by atoms with Crippen LogP contribution < -0.4 is 31.0 Å². The molecule has 0 atom stereocenters. The maximum Gasteiger partial charge on any atom is 0.407 e. The molecule has 2 aliphatic rings. The number of benzene rings is 2. The summed E-state index contributed by atoms with van der Waals surface area (Å²) >= 11 is 0. The number of carbonyl (C=O) groups is 2.